The lowest BCUT2D eigenvalue weighted by Crippen LogP contribution is -2.58. The average molecular weight is 525 g/mol. The first-order chi connectivity index (χ1) is 16.8. The molecular weight excluding hydrogens is 484 g/mol. The topological polar surface area (TPSA) is 171 Å². The van der Waals surface area contributed by atoms with Gasteiger partial charge in [-0.25, -0.2) is 4.79 Å². The van der Waals surface area contributed by atoms with E-state index in [0.717, 1.165) is 0 Å². The molecule has 0 radical (unpaired) electrons. The van der Waals surface area contributed by atoms with Crippen LogP contribution in [0.2, 0.25) is 0 Å². The third-order valence-electron chi connectivity index (χ3n) is 5.55. The third kappa shape index (κ3) is 10.9. The van der Waals surface area contributed by atoms with E-state index in [9.17, 15) is 29.4 Å². The zero-order valence-electron chi connectivity index (χ0n) is 21.6. The quantitative estimate of drug-likeness (QED) is 0.199. The van der Waals surface area contributed by atoms with Crippen LogP contribution >= 0.6 is 11.8 Å². The standard InChI is InChI=1S/C25H40N4O6S/c1-14(2)12-19(27-22(31)18(26)10-11-36-5)23(32)28-20(13-16-6-8-17(30)9-7-16)24(33)29-21(15(3)4)25(34)35/h6-9,14-15,18-21,30H,10-13,26H2,1-5H3,(H,27,31)(H,28,32)(H,29,33)(H,34,35). The molecule has 0 saturated heterocycles. The summed E-state index contributed by atoms with van der Waals surface area (Å²) in [5, 5.41) is 26.9. The molecular formula is C25H40N4O6S. The number of hydrogen-bond donors (Lipinski definition) is 6. The second-order valence-corrected chi connectivity index (χ2v) is 10.6. The van der Waals surface area contributed by atoms with Crippen molar-refractivity contribution in [2.75, 3.05) is 12.0 Å². The first-order valence-electron chi connectivity index (χ1n) is 12.0. The first kappa shape index (κ1) is 31.2. The number of carboxylic acids is 1. The molecule has 3 amide bonds. The summed E-state index contributed by atoms with van der Waals surface area (Å²) in [6.45, 7) is 7.14. The number of nitrogens with two attached hydrogens (primary N) is 1. The number of carbonyl (C=O) groups excluding carboxylic acids is 3. The molecule has 0 aliphatic carbocycles. The lowest BCUT2D eigenvalue weighted by Gasteiger charge is -2.27. The zero-order chi connectivity index (χ0) is 27.4. The summed E-state index contributed by atoms with van der Waals surface area (Å²) in [4.78, 5) is 50.6. The van der Waals surface area contributed by atoms with Gasteiger partial charge < -0.3 is 31.9 Å². The van der Waals surface area contributed by atoms with Crippen LogP contribution < -0.4 is 21.7 Å². The number of carbonyl (C=O) groups is 4. The minimum absolute atomic E-state index is 0.0482. The second kappa shape index (κ2) is 15.4. The van der Waals surface area contributed by atoms with Crippen molar-refractivity contribution in [3.63, 3.8) is 0 Å². The lowest BCUT2D eigenvalue weighted by atomic mass is 9.99. The van der Waals surface area contributed by atoms with Crippen molar-refractivity contribution in [1.29, 1.82) is 0 Å². The molecule has 1 aromatic rings. The molecule has 1 aromatic carbocycles. The lowest BCUT2D eigenvalue weighted by molar-refractivity contribution is -0.143. The molecule has 0 spiro atoms. The fourth-order valence-electron chi connectivity index (χ4n) is 3.47. The van der Waals surface area contributed by atoms with Crippen LogP contribution in [-0.4, -0.2) is 70.1 Å². The Morgan fingerprint density at radius 1 is 0.917 bits per heavy atom. The molecule has 36 heavy (non-hydrogen) atoms. The first-order valence-corrected chi connectivity index (χ1v) is 13.4. The van der Waals surface area contributed by atoms with Crippen molar-refractivity contribution in [3.8, 4) is 5.75 Å². The highest BCUT2D eigenvalue weighted by Crippen LogP contribution is 2.13. The second-order valence-electron chi connectivity index (χ2n) is 9.58. The Bertz CT molecular complexity index is 878. The van der Waals surface area contributed by atoms with Gasteiger partial charge in [0.25, 0.3) is 0 Å². The molecule has 10 nitrogen and oxygen atoms in total. The predicted octanol–water partition coefficient (Wildman–Crippen LogP) is 1.26. The van der Waals surface area contributed by atoms with Gasteiger partial charge in [0.15, 0.2) is 0 Å². The minimum Gasteiger partial charge on any atom is -0.508 e. The van der Waals surface area contributed by atoms with Crippen molar-refractivity contribution in [3.05, 3.63) is 29.8 Å². The van der Waals surface area contributed by atoms with Gasteiger partial charge in [0.1, 0.15) is 23.9 Å². The fourth-order valence-corrected chi connectivity index (χ4v) is 3.96. The van der Waals surface area contributed by atoms with Gasteiger partial charge in [-0.15, -0.1) is 0 Å². The van der Waals surface area contributed by atoms with Crippen molar-refractivity contribution in [2.24, 2.45) is 17.6 Å². The van der Waals surface area contributed by atoms with Crippen LogP contribution in [0.4, 0.5) is 0 Å². The fraction of sp³-hybridized carbons (Fsp3) is 0.600. The maximum atomic E-state index is 13.3. The summed E-state index contributed by atoms with van der Waals surface area (Å²) in [5.41, 5.74) is 6.61. The van der Waals surface area contributed by atoms with E-state index in [-0.39, 0.29) is 24.0 Å². The van der Waals surface area contributed by atoms with Crippen molar-refractivity contribution >= 4 is 35.5 Å². The van der Waals surface area contributed by atoms with Crippen LogP contribution in [0.5, 0.6) is 5.75 Å². The molecule has 11 heteroatoms. The van der Waals surface area contributed by atoms with E-state index in [4.69, 9.17) is 5.73 Å². The largest absolute Gasteiger partial charge is 0.508 e. The minimum atomic E-state index is -1.18. The molecule has 202 valence electrons. The Kier molecular flexibility index (Phi) is 13.3. The van der Waals surface area contributed by atoms with Gasteiger partial charge in [-0.05, 0) is 54.4 Å². The SMILES string of the molecule is CSCCC(N)C(=O)NC(CC(C)C)C(=O)NC(Cc1ccc(O)cc1)C(=O)NC(C(=O)O)C(C)C. The maximum absolute atomic E-state index is 13.3. The van der Waals surface area contributed by atoms with Crippen molar-refractivity contribution < 1.29 is 29.4 Å². The molecule has 0 aromatic heterocycles. The van der Waals surface area contributed by atoms with E-state index >= 15 is 0 Å². The van der Waals surface area contributed by atoms with Gasteiger partial charge in [-0.3, -0.25) is 14.4 Å². The summed E-state index contributed by atoms with van der Waals surface area (Å²) < 4.78 is 0. The van der Waals surface area contributed by atoms with Crippen LogP contribution in [0.1, 0.15) is 46.1 Å². The van der Waals surface area contributed by atoms with Crippen LogP contribution in [0.3, 0.4) is 0 Å². The van der Waals surface area contributed by atoms with Gasteiger partial charge in [-0.2, -0.15) is 11.8 Å². The molecule has 0 aliphatic rings. The van der Waals surface area contributed by atoms with E-state index in [0.29, 0.717) is 24.2 Å². The Balaban J connectivity index is 3.13. The van der Waals surface area contributed by atoms with Gasteiger partial charge in [-0.1, -0.05) is 39.8 Å². The molecule has 4 atom stereocenters. The van der Waals surface area contributed by atoms with Crippen LogP contribution in [-0.2, 0) is 25.6 Å². The molecule has 1 rings (SSSR count). The Morgan fingerprint density at radius 3 is 1.97 bits per heavy atom. The Morgan fingerprint density at radius 2 is 1.47 bits per heavy atom. The highest BCUT2D eigenvalue weighted by Gasteiger charge is 2.31. The zero-order valence-corrected chi connectivity index (χ0v) is 22.4. The number of thioether (sulfide) groups is 1. The summed E-state index contributed by atoms with van der Waals surface area (Å²) in [6.07, 6.45) is 2.75. The van der Waals surface area contributed by atoms with Crippen LogP contribution in [0.15, 0.2) is 24.3 Å². The number of hydrogen-bond acceptors (Lipinski definition) is 7. The molecule has 4 unspecified atom stereocenters. The maximum Gasteiger partial charge on any atom is 0.326 e. The number of nitrogens with one attached hydrogen (secondary N) is 3. The van der Waals surface area contributed by atoms with Gasteiger partial charge in [0.05, 0.1) is 6.04 Å². The Labute approximate surface area is 217 Å². The summed E-state index contributed by atoms with van der Waals surface area (Å²) >= 11 is 1.56. The number of aliphatic carboxylic acids is 1. The Hall–Kier alpha value is -2.79. The monoisotopic (exact) mass is 524 g/mol. The van der Waals surface area contributed by atoms with E-state index in [1.807, 2.05) is 20.1 Å². The highest BCUT2D eigenvalue weighted by molar-refractivity contribution is 7.98. The molecule has 0 saturated carbocycles. The van der Waals surface area contributed by atoms with Crippen molar-refractivity contribution in [1.82, 2.24) is 16.0 Å². The predicted molar refractivity (Wildman–Crippen MR) is 141 cm³/mol. The van der Waals surface area contributed by atoms with E-state index in [1.165, 1.54) is 12.1 Å². The molecule has 0 aliphatic heterocycles. The number of benzene rings is 1. The normalized spacial score (nSPS) is 14.6. The van der Waals surface area contributed by atoms with E-state index < -0.39 is 47.9 Å². The van der Waals surface area contributed by atoms with E-state index in [2.05, 4.69) is 16.0 Å². The molecule has 0 fully saturated rings. The number of aromatic hydroxyl groups is 1. The average Bonchev–Trinajstić information content (AvgIpc) is 2.80. The van der Waals surface area contributed by atoms with Crippen molar-refractivity contribution in [2.45, 2.75) is 71.1 Å². The summed E-state index contributed by atoms with van der Waals surface area (Å²) in [5.74, 6) is -2.43. The number of carboxylic acid groups (broad SMARTS) is 1. The smallest absolute Gasteiger partial charge is 0.326 e. The van der Waals surface area contributed by atoms with Gasteiger partial charge in [0, 0.05) is 6.42 Å². The number of rotatable bonds is 15. The summed E-state index contributed by atoms with van der Waals surface area (Å²) in [6, 6.07) is 2.19. The van der Waals surface area contributed by atoms with E-state index in [1.54, 1.807) is 37.7 Å². The van der Waals surface area contributed by atoms with Gasteiger partial charge in [0.2, 0.25) is 17.7 Å². The number of amides is 3. The molecule has 0 bridgehead atoms. The van der Waals surface area contributed by atoms with Crippen LogP contribution in [0, 0.1) is 11.8 Å². The molecule has 0 heterocycles. The number of phenols is 1. The highest BCUT2D eigenvalue weighted by atomic mass is 32.2. The van der Waals surface area contributed by atoms with Gasteiger partial charge >= 0.3 is 5.97 Å². The number of phenolic OH excluding ortho intramolecular Hbond substituents is 1. The third-order valence-corrected chi connectivity index (χ3v) is 6.19. The summed E-state index contributed by atoms with van der Waals surface area (Å²) in [7, 11) is 0. The molecule has 7 N–H and O–H groups in total. The van der Waals surface area contributed by atoms with Crippen LogP contribution in [0.25, 0.3) is 0 Å².